The number of nitrogens with one attached hydrogen (secondary N) is 1. The Hall–Kier alpha value is -1.59. The molecule has 0 unspecified atom stereocenters. The number of hydrogen-bond acceptors (Lipinski definition) is 4. The normalized spacial score (nSPS) is 10.8. The summed E-state index contributed by atoms with van der Waals surface area (Å²) in [6.45, 7) is 0.796. The largest absolute Gasteiger partial charge is 0.397 e. The molecule has 0 bridgehead atoms. The SMILES string of the molecule is Nc1ccc(NCc2cc(Br)cs2)c2cccnc12. The molecule has 2 heterocycles. The molecule has 3 N–H and O–H groups in total. The van der Waals surface area contributed by atoms with E-state index in [2.05, 4.69) is 37.7 Å². The fourth-order valence-corrected chi connectivity index (χ4v) is 3.37. The monoisotopic (exact) mass is 333 g/mol. The third-order valence-electron chi connectivity index (χ3n) is 2.88. The molecule has 96 valence electrons. The summed E-state index contributed by atoms with van der Waals surface area (Å²) in [6, 6.07) is 9.97. The van der Waals surface area contributed by atoms with Crippen LogP contribution in [-0.2, 0) is 6.54 Å². The molecule has 0 aliphatic carbocycles. The number of hydrogen-bond donors (Lipinski definition) is 2. The van der Waals surface area contributed by atoms with Crippen LogP contribution in [0.4, 0.5) is 11.4 Å². The maximum Gasteiger partial charge on any atom is 0.0951 e. The van der Waals surface area contributed by atoms with Crippen LogP contribution >= 0.6 is 27.3 Å². The van der Waals surface area contributed by atoms with E-state index in [1.807, 2.05) is 24.3 Å². The van der Waals surface area contributed by atoms with Gasteiger partial charge in [0, 0.05) is 38.5 Å². The van der Waals surface area contributed by atoms with Gasteiger partial charge >= 0.3 is 0 Å². The van der Waals surface area contributed by atoms with Crippen LogP contribution in [0.25, 0.3) is 10.9 Å². The van der Waals surface area contributed by atoms with E-state index in [9.17, 15) is 0 Å². The highest BCUT2D eigenvalue weighted by molar-refractivity contribution is 9.10. The van der Waals surface area contributed by atoms with Gasteiger partial charge in [0.05, 0.1) is 11.2 Å². The summed E-state index contributed by atoms with van der Waals surface area (Å²) in [5, 5.41) is 6.58. The van der Waals surface area contributed by atoms with E-state index in [-0.39, 0.29) is 0 Å². The summed E-state index contributed by atoms with van der Waals surface area (Å²) in [7, 11) is 0. The molecule has 0 fully saturated rings. The van der Waals surface area contributed by atoms with E-state index in [1.165, 1.54) is 4.88 Å². The number of pyridine rings is 1. The van der Waals surface area contributed by atoms with Gasteiger partial charge in [0.2, 0.25) is 0 Å². The Bertz CT molecular complexity index is 724. The second kappa shape index (κ2) is 5.19. The summed E-state index contributed by atoms with van der Waals surface area (Å²) >= 11 is 5.19. The summed E-state index contributed by atoms with van der Waals surface area (Å²) in [4.78, 5) is 5.61. The summed E-state index contributed by atoms with van der Waals surface area (Å²) in [5.41, 5.74) is 8.55. The molecule has 3 rings (SSSR count). The summed E-state index contributed by atoms with van der Waals surface area (Å²) < 4.78 is 1.12. The fraction of sp³-hybridized carbons (Fsp3) is 0.0714. The average Bonchev–Trinajstić information content (AvgIpc) is 2.84. The van der Waals surface area contributed by atoms with E-state index < -0.39 is 0 Å². The first-order valence-corrected chi connectivity index (χ1v) is 7.51. The van der Waals surface area contributed by atoms with Gasteiger partial charge in [0.25, 0.3) is 0 Å². The predicted octanol–water partition coefficient (Wildman–Crippen LogP) is 4.25. The van der Waals surface area contributed by atoms with Crippen molar-refractivity contribution < 1.29 is 0 Å². The van der Waals surface area contributed by atoms with E-state index in [0.29, 0.717) is 5.69 Å². The Morgan fingerprint density at radius 2 is 2.21 bits per heavy atom. The Labute approximate surface area is 123 Å². The van der Waals surface area contributed by atoms with Gasteiger partial charge in [-0.25, -0.2) is 0 Å². The molecule has 3 aromatic rings. The van der Waals surface area contributed by atoms with Gasteiger partial charge in [-0.1, -0.05) is 0 Å². The molecule has 19 heavy (non-hydrogen) atoms. The van der Waals surface area contributed by atoms with Crippen molar-refractivity contribution in [2.24, 2.45) is 0 Å². The molecular formula is C14H12BrN3S. The number of aromatic nitrogens is 1. The van der Waals surface area contributed by atoms with Crippen LogP contribution in [0.1, 0.15) is 4.88 Å². The van der Waals surface area contributed by atoms with Gasteiger partial charge in [0.15, 0.2) is 0 Å². The molecule has 0 aliphatic rings. The van der Waals surface area contributed by atoms with Crippen LogP contribution in [-0.4, -0.2) is 4.98 Å². The first-order valence-electron chi connectivity index (χ1n) is 5.84. The third kappa shape index (κ3) is 2.57. The maximum atomic E-state index is 5.94. The van der Waals surface area contributed by atoms with Gasteiger partial charge in [-0.3, -0.25) is 4.98 Å². The molecular weight excluding hydrogens is 322 g/mol. The molecule has 1 aromatic carbocycles. The Balaban J connectivity index is 1.91. The van der Waals surface area contributed by atoms with Crippen LogP contribution in [0.5, 0.6) is 0 Å². The third-order valence-corrected chi connectivity index (χ3v) is 4.57. The lowest BCUT2D eigenvalue weighted by Gasteiger charge is -2.09. The Kier molecular flexibility index (Phi) is 3.40. The van der Waals surface area contributed by atoms with Crippen LogP contribution in [0.2, 0.25) is 0 Å². The van der Waals surface area contributed by atoms with Crippen molar-refractivity contribution in [1.82, 2.24) is 4.98 Å². The molecule has 0 radical (unpaired) electrons. The molecule has 0 spiro atoms. The summed E-state index contributed by atoms with van der Waals surface area (Å²) in [5.74, 6) is 0. The molecule has 0 amide bonds. The highest BCUT2D eigenvalue weighted by Crippen LogP contribution is 2.27. The highest BCUT2D eigenvalue weighted by atomic mass is 79.9. The number of benzene rings is 1. The first kappa shape index (κ1) is 12.4. The topological polar surface area (TPSA) is 50.9 Å². The number of halogens is 1. The predicted molar refractivity (Wildman–Crippen MR) is 85.5 cm³/mol. The molecule has 2 aromatic heterocycles. The highest BCUT2D eigenvalue weighted by Gasteiger charge is 2.05. The van der Waals surface area contributed by atoms with Crippen molar-refractivity contribution in [3.63, 3.8) is 0 Å². The van der Waals surface area contributed by atoms with Crippen LogP contribution < -0.4 is 11.1 Å². The zero-order valence-electron chi connectivity index (χ0n) is 10.1. The average molecular weight is 334 g/mol. The van der Waals surface area contributed by atoms with E-state index in [4.69, 9.17) is 5.73 Å². The number of nitrogen functional groups attached to an aromatic ring is 1. The second-order valence-electron chi connectivity index (χ2n) is 4.19. The molecule has 5 heteroatoms. The lowest BCUT2D eigenvalue weighted by Crippen LogP contribution is -1.99. The van der Waals surface area contributed by atoms with Crippen molar-refractivity contribution in [3.05, 3.63) is 51.3 Å². The second-order valence-corrected chi connectivity index (χ2v) is 6.10. The van der Waals surface area contributed by atoms with Crippen LogP contribution in [0.3, 0.4) is 0 Å². The van der Waals surface area contributed by atoms with E-state index >= 15 is 0 Å². The lowest BCUT2D eigenvalue weighted by atomic mass is 10.1. The minimum Gasteiger partial charge on any atom is -0.397 e. The number of thiophene rings is 1. The molecule has 0 aliphatic heterocycles. The molecule has 0 atom stereocenters. The first-order chi connectivity index (χ1) is 9.24. The smallest absolute Gasteiger partial charge is 0.0951 e. The van der Waals surface area contributed by atoms with Gasteiger partial charge < -0.3 is 11.1 Å². The van der Waals surface area contributed by atoms with Gasteiger partial charge in [-0.05, 0) is 46.3 Å². The van der Waals surface area contributed by atoms with Crippen molar-refractivity contribution in [1.29, 1.82) is 0 Å². The van der Waals surface area contributed by atoms with Crippen LogP contribution in [0.15, 0.2) is 46.4 Å². The van der Waals surface area contributed by atoms with E-state index in [1.54, 1.807) is 17.5 Å². The van der Waals surface area contributed by atoms with E-state index in [0.717, 1.165) is 27.6 Å². The zero-order valence-corrected chi connectivity index (χ0v) is 12.5. The zero-order chi connectivity index (χ0) is 13.2. The van der Waals surface area contributed by atoms with Gasteiger partial charge in [-0.15, -0.1) is 11.3 Å². The van der Waals surface area contributed by atoms with Crippen molar-refractivity contribution >= 4 is 49.5 Å². The molecule has 0 saturated carbocycles. The quantitative estimate of drug-likeness (QED) is 0.704. The fourth-order valence-electron chi connectivity index (χ4n) is 1.98. The molecule has 3 nitrogen and oxygen atoms in total. The number of rotatable bonds is 3. The maximum absolute atomic E-state index is 5.94. The number of nitrogens with two attached hydrogens (primary N) is 1. The number of fused-ring (bicyclic) bond motifs is 1. The Morgan fingerprint density at radius 3 is 3.00 bits per heavy atom. The van der Waals surface area contributed by atoms with Crippen LogP contribution in [0, 0.1) is 0 Å². The molecule has 0 saturated heterocycles. The minimum absolute atomic E-state index is 0.708. The number of nitrogens with zero attached hydrogens (tertiary/aromatic N) is 1. The van der Waals surface area contributed by atoms with Crippen molar-refractivity contribution in [2.45, 2.75) is 6.54 Å². The lowest BCUT2D eigenvalue weighted by molar-refractivity contribution is 1.20. The number of anilines is 2. The Morgan fingerprint density at radius 1 is 1.32 bits per heavy atom. The summed E-state index contributed by atoms with van der Waals surface area (Å²) in [6.07, 6.45) is 1.76. The standard InChI is InChI=1S/C14H12BrN3S/c15-9-6-10(19-8-9)7-18-13-4-3-12(16)14-11(13)2-1-5-17-14/h1-6,8,18H,7,16H2. The van der Waals surface area contributed by atoms with Gasteiger partial charge in [-0.2, -0.15) is 0 Å². The van der Waals surface area contributed by atoms with Gasteiger partial charge in [0.1, 0.15) is 0 Å². The van der Waals surface area contributed by atoms with Crippen molar-refractivity contribution in [3.8, 4) is 0 Å². The van der Waals surface area contributed by atoms with Crippen molar-refractivity contribution in [2.75, 3.05) is 11.1 Å². The minimum atomic E-state index is 0.708.